The molecule has 24 heavy (non-hydrogen) atoms. The van der Waals surface area contributed by atoms with Gasteiger partial charge in [0, 0.05) is 18.8 Å². The van der Waals surface area contributed by atoms with Gasteiger partial charge in [-0.1, -0.05) is 0 Å². The zero-order chi connectivity index (χ0) is 17.4. The van der Waals surface area contributed by atoms with Crippen LogP contribution in [-0.4, -0.2) is 31.7 Å². The molecule has 1 N–H and O–H groups in total. The predicted octanol–water partition coefficient (Wildman–Crippen LogP) is 2.68. The highest BCUT2D eigenvalue weighted by Crippen LogP contribution is 2.31. The Kier molecular flexibility index (Phi) is 3.76. The third kappa shape index (κ3) is 2.60. The Labute approximate surface area is 135 Å². The lowest BCUT2D eigenvalue weighted by Gasteiger charge is -2.26. The summed E-state index contributed by atoms with van der Waals surface area (Å²) in [4.78, 5) is 16.4. The molecule has 0 fully saturated rings. The van der Waals surface area contributed by atoms with E-state index < -0.39 is 16.8 Å². The van der Waals surface area contributed by atoms with E-state index in [0.717, 1.165) is 6.20 Å². The van der Waals surface area contributed by atoms with Crippen molar-refractivity contribution < 1.29 is 14.4 Å². The Morgan fingerprint density at radius 1 is 1.42 bits per heavy atom. The summed E-state index contributed by atoms with van der Waals surface area (Å²) in [6, 6.07) is 4.93. The molecule has 0 bridgehead atoms. The Bertz CT molecular complexity index is 927. The fraction of sp³-hybridized carbons (Fsp3) is 0.200. The van der Waals surface area contributed by atoms with Crippen molar-refractivity contribution in [2.75, 3.05) is 11.9 Å². The normalized spacial score (nSPS) is 12.3. The van der Waals surface area contributed by atoms with Crippen LogP contribution in [0, 0.1) is 15.9 Å². The molecule has 1 aromatic carbocycles. The van der Waals surface area contributed by atoms with Crippen LogP contribution in [0.5, 0.6) is 5.75 Å². The highest BCUT2D eigenvalue weighted by Gasteiger charge is 2.21. The van der Waals surface area contributed by atoms with Crippen LogP contribution < -0.4 is 4.90 Å². The average Bonchev–Trinajstić information content (AvgIpc) is 2.99. The van der Waals surface area contributed by atoms with Crippen molar-refractivity contribution in [2.24, 2.45) is 0 Å². The minimum absolute atomic E-state index is 0.0350. The van der Waals surface area contributed by atoms with Crippen LogP contribution in [0.25, 0.3) is 5.65 Å². The summed E-state index contributed by atoms with van der Waals surface area (Å²) in [6.45, 7) is 1.77. The number of benzene rings is 1. The van der Waals surface area contributed by atoms with Crippen LogP contribution in [0.1, 0.15) is 18.5 Å². The van der Waals surface area contributed by atoms with E-state index in [2.05, 4.69) is 10.1 Å². The third-order valence-electron chi connectivity index (χ3n) is 3.91. The zero-order valence-corrected chi connectivity index (χ0v) is 12.9. The van der Waals surface area contributed by atoms with E-state index in [4.69, 9.17) is 0 Å². The first-order chi connectivity index (χ1) is 11.4. The van der Waals surface area contributed by atoms with Crippen molar-refractivity contribution in [1.29, 1.82) is 0 Å². The highest BCUT2D eigenvalue weighted by atomic mass is 19.1. The van der Waals surface area contributed by atoms with Crippen molar-refractivity contribution >= 4 is 17.2 Å². The molecule has 124 valence electrons. The number of nitro groups is 1. The smallest absolute Gasteiger partial charge is 0.333 e. The van der Waals surface area contributed by atoms with Crippen LogP contribution in [-0.2, 0) is 0 Å². The topological polar surface area (TPSA) is 96.8 Å². The molecule has 0 radical (unpaired) electrons. The SMILES string of the molecule is C[C@H](c1cc(F)ccc1O)N(C)c1ccn2ncc([N+](=O)[O-])c2n1. The van der Waals surface area contributed by atoms with Gasteiger partial charge >= 0.3 is 5.69 Å². The van der Waals surface area contributed by atoms with E-state index in [1.165, 1.54) is 22.7 Å². The molecule has 0 saturated heterocycles. The molecule has 0 aliphatic rings. The van der Waals surface area contributed by atoms with Crippen LogP contribution in [0.3, 0.4) is 0 Å². The van der Waals surface area contributed by atoms with Crippen molar-refractivity contribution in [2.45, 2.75) is 13.0 Å². The van der Waals surface area contributed by atoms with Crippen LogP contribution in [0.15, 0.2) is 36.7 Å². The fourth-order valence-corrected chi connectivity index (χ4v) is 2.44. The first-order valence-electron chi connectivity index (χ1n) is 7.08. The average molecular weight is 331 g/mol. The number of nitrogens with zero attached hydrogens (tertiary/aromatic N) is 5. The van der Waals surface area contributed by atoms with Gasteiger partial charge in [0.15, 0.2) is 0 Å². The predicted molar refractivity (Wildman–Crippen MR) is 84.5 cm³/mol. The molecule has 3 aromatic rings. The molecule has 8 nitrogen and oxygen atoms in total. The zero-order valence-electron chi connectivity index (χ0n) is 12.9. The summed E-state index contributed by atoms with van der Waals surface area (Å²) in [5.41, 5.74) is 0.300. The second kappa shape index (κ2) is 5.76. The monoisotopic (exact) mass is 331 g/mol. The van der Waals surface area contributed by atoms with Gasteiger partial charge in [-0.05, 0) is 31.2 Å². The first-order valence-corrected chi connectivity index (χ1v) is 7.08. The van der Waals surface area contributed by atoms with Gasteiger partial charge in [-0.15, -0.1) is 0 Å². The van der Waals surface area contributed by atoms with Crippen molar-refractivity contribution in [3.8, 4) is 5.75 Å². The molecule has 3 rings (SSSR count). The molecule has 2 heterocycles. The fourth-order valence-electron chi connectivity index (χ4n) is 2.44. The molecule has 0 spiro atoms. The molecular formula is C15H14FN5O3. The van der Waals surface area contributed by atoms with Gasteiger partial charge in [0.1, 0.15) is 23.6 Å². The molecule has 0 aliphatic heterocycles. The molecule has 2 aromatic heterocycles. The molecule has 0 unspecified atom stereocenters. The maximum Gasteiger partial charge on any atom is 0.333 e. The van der Waals surface area contributed by atoms with Crippen LogP contribution >= 0.6 is 0 Å². The minimum atomic E-state index is -0.555. The van der Waals surface area contributed by atoms with Gasteiger partial charge in [0.25, 0.3) is 0 Å². The third-order valence-corrected chi connectivity index (χ3v) is 3.91. The number of phenolic OH excluding ortho intramolecular Hbond substituents is 1. The summed E-state index contributed by atoms with van der Waals surface area (Å²) >= 11 is 0. The molecule has 0 saturated carbocycles. The highest BCUT2D eigenvalue weighted by molar-refractivity contribution is 5.61. The maximum atomic E-state index is 13.4. The number of halogens is 1. The summed E-state index contributed by atoms with van der Waals surface area (Å²) in [7, 11) is 1.70. The van der Waals surface area contributed by atoms with E-state index in [-0.39, 0.29) is 17.1 Å². The molecule has 1 atom stereocenters. The second-order valence-corrected chi connectivity index (χ2v) is 5.33. The maximum absolute atomic E-state index is 13.4. The summed E-state index contributed by atoms with van der Waals surface area (Å²) < 4.78 is 14.8. The first kappa shape index (κ1) is 15.7. The summed E-state index contributed by atoms with van der Waals surface area (Å²) in [6.07, 6.45) is 2.69. The van der Waals surface area contributed by atoms with Crippen molar-refractivity contribution in [3.63, 3.8) is 0 Å². The molecule has 9 heteroatoms. The van der Waals surface area contributed by atoms with Gasteiger partial charge < -0.3 is 10.0 Å². The van der Waals surface area contributed by atoms with E-state index in [1.807, 2.05) is 0 Å². The lowest BCUT2D eigenvalue weighted by Crippen LogP contribution is -2.23. The molecule has 0 amide bonds. The number of anilines is 1. The van der Waals surface area contributed by atoms with Crippen molar-refractivity contribution in [3.05, 3.63) is 58.2 Å². The van der Waals surface area contributed by atoms with Gasteiger partial charge in [0.2, 0.25) is 5.65 Å². The van der Waals surface area contributed by atoms with Crippen LogP contribution in [0.4, 0.5) is 15.9 Å². The Morgan fingerprint density at radius 2 is 2.17 bits per heavy atom. The Morgan fingerprint density at radius 3 is 2.88 bits per heavy atom. The van der Waals surface area contributed by atoms with Crippen molar-refractivity contribution in [1.82, 2.24) is 14.6 Å². The number of rotatable bonds is 4. The van der Waals surface area contributed by atoms with E-state index in [9.17, 15) is 19.6 Å². The number of fused-ring (bicyclic) bond motifs is 1. The summed E-state index contributed by atoms with van der Waals surface area (Å²) in [5, 5.41) is 24.8. The number of aromatic hydroxyl groups is 1. The van der Waals surface area contributed by atoms with E-state index >= 15 is 0 Å². The standard InChI is InChI=1S/C15H14FN5O3/c1-9(11-7-10(16)3-4-13(11)22)19(2)14-5-6-20-15(18-14)12(8-17-20)21(23)24/h3-9,22H,1-2H3/t9-/m1/s1. The van der Waals surface area contributed by atoms with E-state index in [1.54, 1.807) is 31.1 Å². The van der Waals surface area contributed by atoms with Gasteiger partial charge in [-0.2, -0.15) is 5.10 Å². The second-order valence-electron chi connectivity index (χ2n) is 5.33. The van der Waals surface area contributed by atoms with Gasteiger partial charge in [0.05, 0.1) is 11.0 Å². The lowest BCUT2D eigenvalue weighted by molar-refractivity contribution is -0.383. The molecular weight excluding hydrogens is 317 g/mol. The van der Waals surface area contributed by atoms with Gasteiger partial charge in [-0.3, -0.25) is 10.1 Å². The quantitative estimate of drug-likeness (QED) is 0.583. The lowest BCUT2D eigenvalue weighted by atomic mass is 10.1. The van der Waals surface area contributed by atoms with Crippen LogP contribution in [0.2, 0.25) is 0 Å². The Hall–Kier alpha value is -3.23. The number of hydrogen-bond acceptors (Lipinski definition) is 6. The van der Waals surface area contributed by atoms with E-state index in [0.29, 0.717) is 11.4 Å². The van der Waals surface area contributed by atoms with Gasteiger partial charge in [-0.25, -0.2) is 13.9 Å². The number of phenols is 1. The minimum Gasteiger partial charge on any atom is -0.508 e. The summed E-state index contributed by atoms with van der Waals surface area (Å²) in [5.74, 6) is -0.0627. The molecule has 0 aliphatic carbocycles. The number of hydrogen-bond donors (Lipinski definition) is 1. The largest absolute Gasteiger partial charge is 0.508 e. The number of aromatic nitrogens is 3. The Balaban J connectivity index is 2.01.